The van der Waals surface area contributed by atoms with Crippen LogP contribution in [0.25, 0.3) is 0 Å². The monoisotopic (exact) mass is 206 g/mol. The van der Waals surface area contributed by atoms with Crippen LogP contribution in [0, 0.1) is 12.7 Å². The number of rotatable bonds is 2. The molecule has 1 aromatic heterocycles. The molecule has 15 heavy (non-hydrogen) atoms. The van der Waals surface area contributed by atoms with E-state index in [1.54, 1.807) is 19.1 Å². The van der Waals surface area contributed by atoms with Gasteiger partial charge in [-0.05, 0) is 24.1 Å². The van der Waals surface area contributed by atoms with Crippen molar-refractivity contribution >= 4 is 0 Å². The number of halogens is 1. The summed E-state index contributed by atoms with van der Waals surface area (Å²) < 4.78 is 13.0. The van der Waals surface area contributed by atoms with E-state index >= 15 is 0 Å². The van der Waals surface area contributed by atoms with Gasteiger partial charge in [0.25, 0.3) is 0 Å². The molecule has 0 aliphatic heterocycles. The van der Waals surface area contributed by atoms with E-state index in [2.05, 4.69) is 15.2 Å². The topological polar surface area (TPSA) is 67.6 Å². The lowest BCUT2D eigenvalue weighted by molar-refractivity contribution is 0.616. The largest absolute Gasteiger partial charge is 0.318 e. The van der Waals surface area contributed by atoms with Crippen LogP contribution in [-0.2, 0) is 0 Å². The molecule has 78 valence electrons. The molecule has 1 atom stereocenters. The first kappa shape index (κ1) is 9.79. The molecule has 0 radical (unpaired) electrons. The lowest BCUT2D eigenvalue weighted by Gasteiger charge is -2.09. The maximum atomic E-state index is 13.0. The second kappa shape index (κ2) is 3.78. The zero-order chi connectivity index (χ0) is 10.8. The Kier molecular flexibility index (Phi) is 2.47. The highest BCUT2D eigenvalue weighted by Crippen LogP contribution is 2.18. The Morgan fingerprint density at radius 3 is 2.87 bits per heavy atom. The standard InChI is InChI=1S/C10H11FN4/c1-6-4-7(2-3-8(6)11)9(12)10-13-5-14-15-10/h2-5,9H,12H2,1H3,(H,13,14,15). The van der Waals surface area contributed by atoms with Gasteiger partial charge in [-0.15, -0.1) is 0 Å². The fraction of sp³-hybridized carbons (Fsp3) is 0.200. The molecule has 2 aromatic rings. The quantitative estimate of drug-likeness (QED) is 0.778. The lowest BCUT2D eigenvalue weighted by Crippen LogP contribution is -2.14. The van der Waals surface area contributed by atoms with E-state index in [1.807, 2.05) is 0 Å². The zero-order valence-electron chi connectivity index (χ0n) is 8.24. The molecule has 0 fully saturated rings. The SMILES string of the molecule is Cc1cc(C(N)c2ncn[nH]2)ccc1F. The second-order valence-electron chi connectivity index (χ2n) is 3.36. The van der Waals surface area contributed by atoms with Gasteiger partial charge in [0, 0.05) is 0 Å². The number of nitrogens with zero attached hydrogens (tertiary/aromatic N) is 2. The van der Waals surface area contributed by atoms with E-state index in [0.29, 0.717) is 11.4 Å². The van der Waals surface area contributed by atoms with Crippen molar-refractivity contribution in [3.63, 3.8) is 0 Å². The summed E-state index contributed by atoms with van der Waals surface area (Å²) in [6.45, 7) is 1.70. The summed E-state index contributed by atoms with van der Waals surface area (Å²) in [7, 11) is 0. The maximum Gasteiger partial charge on any atom is 0.145 e. The molecular weight excluding hydrogens is 195 g/mol. The predicted molar refractivity (Wildman–Crippen MR) is 53.6 cm³/mol. The van der Waals surface area contributed by atoms with Crippen LogP contribution in [0.1, 0.15) is 23.0 Å². The number of aryl methyl sites for hydroxylation is 1. The van der Waals surface area contributed by atoms with Crippen molar-refractivity contribution in [2.45, 2.75) is 13.0 Å². The molecule has 3 N–H and O–H groups in total. The highest BCUT2D eigenvalue weighted by atomic mass is 19.1. The number of nitrogens with two attached hydrogens (primary N) is 1. The Bertz CT molecular complexity index is 452. The molecule has 0 saturated heterocycles. The molecule has 0 bridgehead atoms. The number of hydrogen-bond donors (Lipinski definition) is 2. The van der Waals surface area contributed by atoms with E-state index in [1.165, 1.54) is 12.4 Å². The van der Waals surface area contributed by atoms with Crippen LogP contribution in [0.3, 0.4) is 0 Å². The molecule has 0 aliphatic carbocycles. The van der Waals surface area contributed by atoms with Gasteiger partial charge >= 0.3 is 0 Å². The summed E-state index contributed by atoms with van der Waals surface area (Å²) in [6.07, 6.45) is 1.39. The average molecular weight is 206 g/mol. The molecule has 2 rings (SSSR count). The van der Waals surface area contributed by atoms with Crippen LogP contribution in [-0.4, -0.2) is 15.2 Å². The first-order chi connectivity index (χ1) is 7.18. The number of nitrogens with one attached hydrogen (secondary N) is 1. The van der Waals surface area contributed by atoms with Crippen LogP contribution in [0.4, 0.5) is 4.39 Å². The van der Waals surface area contributed by atoms with Crippen LogP contribution >= 0.6 is 0 Å². The number of benzene rings is 1. The van der Waals surface area contributed by atoms with Crippen molar-refractivity contribution in [1.29, 1.82) is 0 Å². The van der Waals surface area contributed by atoms with Gasteiger partial charge in [-0.3, -0.25) is 5.10 Å². The summed E-state index contributed by atoms with van der Waals surface area (Å²) in [5.74, 6) is 0.338. The number of H-pyrrole nitrogens is 1. The first-order valence-corrected chi connectivity index (χ1v) is 4.55. The third kappa shape index (κ3) is 1.87. The van der Waals surface area contributed by atoms with E-state index in [0.717, 1.165) is 5.56 Å². The van der Waals surface area contributed by atoms with E-state index in [-0.39, 0.29) is 5.82 Å². The Morgan fingerprint density at radius 1 is 1.47 bits per heavy atom. The van der Waals surface area contributed by atoms with Crippen LogP contribution in [0.15, 0.2) is 24.5 Å². The summed E-state index contributed by atoms with van der Waals surface area (Å²) in [6, 6.07) is 4.37. The first-order valence-electron chi connectivity index (χ1n) is 4.55. The molecule has 0 aliphatic rings. The van der Waals surface area contributed by atoms with Gasteiger partial charge in [0.05, 0.1) is 6.04 Å². The van der Waals surface area contributed by atoms with Crippen molar-refractivity contribution in [2.24, 2.45) is 5.73 Å². The second-order valence-corrected chi connectivity index (χ2v) is 3.36. The predicted octanol–water partition coefficient (Wildman–Crippen LogP) is 1.30. The molecule has 1 unspecified atom stereocenters. The maximum absolute atomic E-state index is 13.0. The Morgan fingerprint density at radius 2 is 2.27 bits per heavy atom. The van der Waals surface area contributed by atoms with E-state index in [9.17, 15) is 4.39 Å². The highest BCUT2D eigenvalue weighted by molar-refractivity contribution is 5.29. The normalized spacial score (nSPS) is 12.7. The number of aromatic nitrogens is 3. The minimum Gasteiger partial charge on any atom is -0.318 e. The van der Waals surface area contributed by atoms with E-state index < -0.39 is 6.04 Å². The van der Waals surface area contributed by atoms with Gasteiger partial charge in [-0.2, -0.15) is 5.10 Å². The van der Waals surface area contributed by atoms with Crippen molar-refractivity contribution in [2.75, 3.05) is 0 Å². The molecular formula is C10H11FN4. The van der Waals surface area contributed by atoms with Crippen LogP contribution in [0.5, 0.6) is 0 Å². The molecule has 0 spiro atoms. The molecule has 1 heterocycles. The van der Waals surface area contributed by atoms with E-state index in [4.69, 9.17) is 5.73 Å². The minimum absolute atomic E-state index is 0.233. The molecule has 1 aromatic carbocycles. The van der Waals surface area contributed by atoms with Crippen molar-refractivity contribution < 1.29 is 4.39 Å². The smallest absolute Gasteiger partial charge is 0.145 e. The van der Waals surface area contributed by atoms with Gasteiger partial charge in [-0.25, -0.2) is 9.37 Å². The van der Waals surface area contributed by atoms with Crippen molar-refractivity contribution in [3.8, 4) is 0 Å². The Hall–Kier alpha value is -1.75. The Balaban J connectivity index is 2.34. The fourth-order valence-electron chi connectivity index (χ4n) is 1.38. The molecule has 0 saturated carbocycles. The average Bonchev–Trinajstić information content (AvgIpc) is 2.74. The number of aromatic amines is 1. The number of hydrogen-bond acceptors (Lipinski definition) is 3. The van der Waals surface area contributed by atoms with Crippen LogP contribution in [0.2, 0.25) is 0 Å². The Labute approximate surface area is 86.3 Å². The highest BCUT2D eigenvalue weighted by Gasteiger charge is 2.12. The third-order valence-corrected chi connectivity index (χ3v) is 2.27. The minimum atomic E-state index is -0.396. The van der Waals surface area contributed by atoms with Gasteiger partial charge in [-0.1, -0.05) is 12.1 Å². The van der Waals surface area contributed by atoms with Gasteiger partial charge in [0.2, 0.25) is 0 Å². The zero-order valence-corrected chi connectivity index (χ0v) is 8.24. The summed E-state index contributed by atoms with van der Waals surface area (Å²) in [4.78, 5) is 3.96. The molecule has 4 nitrogen and oxygen atoms in total. The summed E-state index contributed by atoms with van der Waals surface area (Å²) >= 11 is 0. The van der Waals surface area contributed by atoms with Gasteiger partial charge < -0.3 is 5.73 Å². The summed E-state index contributed by atoms with van der Waals surface area (Å²) in [5, 5.41) is 6.41. The van der Waals surface area contributed by atoms with Gasteiger partial charge in [0.1, 0.15) is 18.0 Å². The van der Waals surface area contributed by atoms with Crippen LogP contribution < -0.4 is 5.73 Å². The molecule has 0 amide bonds. The lowest BCUT2D eigenvalue weighted by atomic mass is 10.0. The van der Waals surface area contributed by atoms with Gasteiger partial charge in [0.15, 0.2) is 0 Å². The summed E-state index contributed by atoms with van der Waals surface area (Å²) in [5.41, 5.74) is 7.31. The fourth-order valence-corrected chi connectivity index (χ4v) is 1.38. The third-order valence-electron chi connectivity index (χ3n) is 2.27. The van der Waals surface area contributed by atoms with Crippen molar-refractivity contribution in [3.05, 3.63) is 47.3 Å². The molecule has 5 heteroatoms. The van der Waals surface area contributed by atoms with Crippen molar-refractivity contribution in [1.82, 2.24) is 15.2 Å².